The van der Waals surface area contributed by atoms with Gasteiger partial charge < -0.3 is 0 Å². The highest BCUT2D eigenvalue weighted by atomic mass is 15.3. The zero-order valence-corrected chi connectivity index (χ0v) is 12.1. The topological polar surface area (TPSA) is 3.24 Å². The first-order valence-electron chi connectivity index (χ1n) is 6.93. The fourth-order valence-electron chi connectivity index (χ4n) is 3.67. The summed E-state index contributed by atoms with van der Waals surface area (Å²) in [5, 5.41) is 0. The minimum atomic E-state index is 0.348. The smallest absolute Gasteiger partial charge is 0.0218 e. The molecule has 1 saturated heterocycles. The first-order valence-corrected chi connectivity index (χ1v) is 6.93. The normalized spacial score (nSPS) is 30.8. The van der Waals surface area contributed by atoms with E-state index >= 15 is 0 Å². The summed E-state index contributed by atoms with van der Waals surface area (Å²) in [5.41, 5.74) is 1.40. The van der Waals surface area contributed by atoms with Gasteiger partial charge >= 0.3 is 0 Å². The van der Waals surface area contributed by atoms with Crippen LogP contribution in [0.5, 0.6) is 0 Å². The lowest BCUT2D eigenvalue weighted by Crippen LogP contribution is -2.56. The molecule has 0 amide bonds. The van der Waals surface area contributed by atoms with Crippen LogP contribution in [0, 0.1) is 11.3 Å². The zero-order chi connectivity index (χ0) is 12.2. The molecule has 1 spiro atoms. The Bertz CT molecular complexity index is 262. The molecule has 1 nitrogen and oxygen atoms in total. The molecule has 0 radical (unpaired) electrons. The molecule has 1 aliphatic heterocycles. The van der Waals surface area contributed by atoms with E-state index in [1.165, 1.54) is 32.2 Å². The van der Waals surface area contributed by atoms with Gasteiger partial charge in [-0.15, -0.1) is 0 Å². The largest absolute Gasteiger partial charge is 0.293 e. The van der Waals surface area contributed by atoms with E-state index in [1.54, 1.807) is 0 Å². The Kier molecular flexibility index (Phi) is 2.70. The van der Waals surface area contributed by atoms with Crippen molar-refractivity contribution >= 4 is 0 Å². The van der Waals surface area contributed by atoms with E-state index in [9.17, 15) is 0 Å². The van der Waals surface area contributed by atoms with Crippen LogP contribution in [0.1, 0.15) is 67.2 Å². The zero-order valence-electron chi connectivity index (χ0n) is 12.1. The number of rotatable bonds is 0. The molecule has 1 unspecified atom stereocenters. The van der Waals surface area contributed by atoms with Crippen LogP contribution in [-0.2, 0) is 0 Å². The standard InChI is InChI=1S/C15H29N/c1-13(2,3)12-10-15(8-7-9-15)16(11-12)14(4,5)6/h12H,7-11H2,1-6H3. The first kappa shape index (κ1) is 12.4. The highest BCUT2D eigenvalue weighted by molar-refractivity contribution is 5.09. The van der Waals surface area contributed by atoms with Crippen molar-refractivity contribution in [2.45, 2.75) is 78.3 Å². The molecule has 2 fully saturated rings. The third-order valence-corrected chi connectivity index (χ3v) is 4.92. The minimum Gasteiger partial charge on any atom is -0.293 e. The van der Waals surface area contributed by atoms with Gasteiger partial charge in [-0.1, -0.05) is 20.8 Å². The molecule has 1 heteroatoms. The number of hydrogen-bond acceptors (Lipinski definition) is 1. The van der Waals surface area contributed by atoms with Gasteiger partial charge in [-0.25, -0.2) is 0 Å². The Labute approximate surface area is 102 Å². The molecule has 1 atom stereocenters. The van der Waals surface area contributed by atoms with E-state index < -0.39 is 0 Å². The molecule has 0 N–H and O–H groups in total. The van der Waals surface area contributed by atoms with E-state index in [2.05, 4.69) is 46.4 Å². The fraction of sp³-hybridized carbons (Fsp3) is 1.00. The second-order valence-electron chi connectivity index (χ2n) is 8.13. The quantitative estimate of drug-likeness (QED) is 0.598. The van der Waals surface area contributed by atoms with Crippen molar-refractivity contribution in [1.29, 1.82) is 0 Å². The third-order valence-electron chi connectivity index (χ3n) is 4.92. The maximum absolute atomic E-state index is 2.82. The average molecular weight is 223 g/mol. The van der Waals surface area contributed by atoms with Gasteiger partial charge in [-0.3, -0.25) is 4.90 Å². The molecule has 94 valence electrons. The Balaban J connectivity index is 2.19. The van der Waals surface area contributed by atoms with Crippen molar-refractivity contribution in [3.63, 3.8) is 0 Å². The summed E-state index contributed by atoms with van der Waals surface area (Å²) in [6.07, 6.45) is 5.77. The molecule has 0 aromatic heterocycles. The maximum atomic E-state index is 2.82. The van der Waals surface area contributed by atoms with Gasteiger partial charge in [0.05, 0.1) is 0 Å². The predicted molar refractivity (Wildman–Crippen MR) is 70.6 cm³/mol. The van der Waals surface area contributed by atoms with E-state index in [0.29, 0.717) is 16.5 Å². The Hall–Kier alpha value is -0.0400. The molecule has 0 aromatic rings. The van der Waals surface area contributed by atoms with E-state index in [-0.39, 0.29) is 0 Å². The third kappa shape index (κ3) is 1.92. The molecule has 1 saturated carbocycles. The SMILES string of the molecule is CC(C)(C)C1CN(C(C)(C)C)C2(CCC2)C1. The van der Waals surface area contributed by atoms with Gasteiger partial charge in [0.15, 0.2) is 0 Å². The number of nitrogens with zero attached hydrogens (tertiary/aromatic N) is 1. The summed E-state index contributed by atoms with van der Waals surface area (Å²) >= 11 is 0. The van der Waals surface area contributed by atoms with E-state index in [1.807, 2.05) is 0 Å². The molecule has 0 bridgehead atoms. The second kappa shape index (κ2) is 3.48. The van der Waals surface area contributed by atoms with E-state index in [4.69, 9.17) is 0 Å². The van der Waals surface area contributed by atoms with Gasteiger partial charge in [-0.05, 0) is 57.8 Å². The fourth-order valence-corrected chi connectivity index (χ4v) is 3.67. The lowest BCUT2D eigenvalue weighted by molar-refractivity contribution is -0.0111. The van der Waals surface area contributed by atoms with Crippen molar-refractivity contribution in [2.75, 3.05) is 6.54 Å². The molecular weight excluding hydrogens is 194 g/mol. The molecule has 2 aliphatic rings. The first-order chi connectivity index (χ1) is 7.15. The lowest BCUT2D eigenvalue weighted by Gasteiger charge is -2.51. The van der Waals surface area contributed by atoms with Crippen LogP contribution >= 0.6 is 0 Å². The molecule has 1 aliphatic carbocycles. The Morgan fingerprint density at radius 2 is 1.56 bits per heavy atom. The van der Waals surface area contributed by atoms with Crippen LogP contribution in [0.3, 0.4) is 0 Å². The lowest BCUT2D eigenvalue weighted by atomic mass is 9.69. The molecular formula is C15H29N. The summed E-state index contributed by atoms with van der Waals surface area (Å²) in [6, 6.07) is 0. The Morgan fingerprint density at radius 1 is 1.00 bits per heavy atom. The average Bonchev–Trinajstić information content (AvgIpc) is 2.39. The van der Waals surface area contributed by atoms with Crippen molar-refractivity contribution in [3.8, 4) is 0 Å². The van der Waals surface area contributed by atoms with Crippen LogP contribution in [0.2, 0.25) is 0 Å². The highest BCUT2D eigenvalue weighted by Gasteiger charge is 2.54. The van der Waals surface area contributed by atoms with Crippen molar-refractivity contribution in [2.24, 2.45) is 11.3 Å². The number of likely N-dealkylation sites (tertiary alicyclic amines) is 1. The van der Waals surface area contributed by atoms with Crippen LogP contribution in [-0.4, -0.2) is 22.5 Å². The van der Waals surface area contributed by atoms with Gasteiger partial charge in [0.2, 0.25) is 0 Å². The van der Waals surface area contributed by atoms with Crippen molar-refractivity contribution in [3.05, 3.63) is 0 Å². The van der Waals surface area contributed by atoms with Gasteiger partial charge in [0.25, 0.3) is 0 Å². The van der Waals surface area contributed by atoms with Gasteiger partial charge in [0, 0.05) is 17.6 Å². The molecule has 0 aromatic carbocycles. The summed E-state index contributed by atoms with van der Waals surface area (Å²) in [7, 11) is 0. The van der Waals surface area contributed by atoms with Crippen LogP contribution in [0.25, 0.3) is 0 Å². The minimum absolute atomic E-state index is 0.348. The predicted octanol–water partition coefficient (Wildman–Crippen LogP) is 4.08. The van der Waals surface area contributed by atoms with Crippen LogP contribution in [0.15, 0.2) is 0 Å². The summed E-state index contributed by atoms with van der Waals surface area (Å²) in [6.45, 7) is 15.7. The molecule has 1 heterocycles. The summed E-state index contributed by atoms with van der Waals surface area (Å²) in [4.78, 5) is 2.82. The number of hydrogen-bond donors (Lipinski definition) is 0. The van der Waals surface area contributed by atoms with Crippen LogP contribution < -0.4 is 0 Å². The summed E-state index contributed by atoms with van der Waals surface area (Å²) in [5.74, 6) is 0.882. The second-order valence-corrected chi connectivity index (χ2v) is 8.13. The van der Waals surface area contributed by atoms with Gasteiger partial charge in [-0.2, -0.15) is 0 Å². The Morgan fingerprint density at radius 3 is 1.81 bits per heavy atom. The van der Waals surface area contributed by atoms with Crippen LogP contribution in [0.4, 0.5) is 0 Å². The summed E-state index contributed by atoms with van der Waals surface area (Å²) < 4.78 is 0. The monoisotopic (exact) mass is 223 g/mol. The van der Waals surface area contributed by atoms with Crippen molar-refractivity contribution in [1.82, 2.24) is 4.90 Å². The van der Waals surface area contributed by atoms with Gasteiger partial charge in [0.1, 0.15) is 0 Å². The maximum Gasteiger partial charge on any atom is 0.0218 e. The van der Waals surface area contributed by atoms with Crippen molar-refractivity contribution < 1.29 is 0 Å². The molecule has 16 heavy (non-hydrogen) atoms. The highest BCUT2D eigenvalue weighted by Crippen LogP contribution is 2.53. The van der Waals surface area contributed by atoms with E-state index in [0.717, 1.165) is 5.92 Å². The molecule has 2 rings (SSSR count).